The highest BCUT2D eigenvalue weighted by atomic mass is 35.5. The number of hydrogen-bond acceptors (Lipinski definition) is 6. The lowest BCUT2D eigenvalue weighted by atomic mass is 9.83. The Morgan fingerprint density at radius 2 is 2.14 bits per heavy atom. The van der Waals surface area contributed by atoms with E-state index in [4.69, 9.17) is 28.2 Å². The summed E-state index contributed by atoms with van der Waals surface area (Å²) in [5.41, 5.74) is 4.10. The predicted molar refractivity (Wildman–Crippen MR) is 137 cm³/mol. The van der Waals surface area contributed by atoms with Crippen LogP contribution < -0.4 is 0 Å². The van der Waals surface area contributed by atoms with Gasteiger partial charge in [-0.2, -0.15) is 10.4 Å². The largest absolute Gasteiger partial charge is 0.395 e. The number of nitriles is 1. The molecule has 182 valence electrons. The summed E-state index contributed by atoms with van der Waals surface area (Å²) in [4.78, 5) is 12.0. The van der Waals surface area contributed by atoms with E-state index in [1.54, 1.807) is 23.0 Å². The third kappa shape index (κ3) is 4.45. The molecule has 2 aliphatic rings. The smallest absolute Gasteiger partial charge is 0.190 e. The molecule has 9 heteroatoms. The number of aromatic nitrogens is 4. The molecular formula is C26H28Cl2N6O. The minimum Gasteiger partial charge on any atom is -0.395 e. The zero-order chi connectivity index (χ0) is 24.7. The van der Waals surface area contributed by atoms with Crippen LogP contribution in [0.3, 0.4) is 0 Å². The van der Waals surface area contributed by atoms with Crippen molar-refractivity contribution >= 4 is 39.9 Å². The first-order valence-electron chi connectivity index (χ1n) is 12.1. The summed E-state index contributed by atoms with van der Waals surface area (Å²) in [7, 11) is 0. The molecule has 1 unspecified atom stereocenters. The third-order valence-electron chi connectivity index (χ3n) is 7.48. The average Bonchev–Trinajstić information content (AvgIpc) is 3.47. The normalized spacial score (nSPS) is 23.9. The Hall–Kier alpha value is -2.50. The number of aliphatic hydroxyl groups is 1. The van der Waals surface area contributed by atoms with Crippen molar-refractivity contribution in [2.45, 2.75) is 57.7 Å². The molecule has 7 nitrogen and oxygen atoms in total. The van der Waals surface area contributed by atoms with Crippen molar-refractivity contribution in [3.8, 4) is 6.07 Å². The topological polar surface area (TPSA) is 90.9 Å². The molecule has 0 spiro atoms. The van der Waals surface area contributed by atoms with Crippen LogP contribution in [0.4, 0.5) is 0 Å². The first-order chi connectivity index (χ1) is 16.9. The van der Waals surface area contributed by atoms with E-state index in [0.29, 0.717) is 33.2 Å². The zero-order valence-electron chi connectivity index (χ0n) is 19.8. The number of rotatable bonds is 5. The second-order valence-corrected chi connectivity index (χ2v) is 10.4. The van der Waals surface area contributed by atoms with Gasteiger partial charge >= 0.3 is 0 Å². The Kier molecular flexibility index (Phi) is 6.82. The van der Waals surface area contributed by atoms with Crippen molar-refractivity contribution in [1.82, 2.24) is 24.6 Å². The molecule has 1 fully saturated rings. The molecule has 35 heavy (non-hydrogen) atoms. The molecule has 0 saturated carbocycles. The van der Waals surface area contributed by atoms with Crippen molar-refractivity contribution < 1.29 is 5.11 Å². The Labute approximate surface area is 215 Å². The van der Waals surface area contributed by atoms with Crippen molar-refractivity contribution in [3.63, 3.8) is 0 Å². The summed E-state index contributed by atoms with van der Waals surface area (Å²) in [6, 6.07) is 7.95. The Morgan fingerprint density at radius 1 is 1.31 bits per heavy atom. The van der Waals surface area contributed by atoms with Gasteiger partial charge in [-0.25, -0.2) is 14.6 Å². The number of benzene rings is 1. The molecule has 1 saturated heterocycles. The summed E-state index contributed by atoms with van der Waals surface area (Å²) in [6.45, 7) is 5.52. The summed E-state index contributed by atoms with van der Waals surface area (Å²) >= 11 is 12.5. The molecule has 0 amide bonds. The molecule has 1 aliphatic heterocycles. The second-order valence-electron chi connectivity index (χ2n) is 9.60. The van der Waals surface area contributed by atoms with Gasteiger partial charge in [-0.3, -0.25) is 4.90 Å². The molecular weight excluding hydrogens is 483 g/mol. The number of likely N-dealkylation sites (tertiary alicyclic amines) is 1. The predicted octanol–water partition coefficient (Wildman–Crippen LogP) is 5.25. The van der Waals surface area contributed by atoms with Crippen molar-refractivity contribution in [2.75, 3.05) is 13.2 Å². The molecule has 1 aromatic carbocycles. The molecule has 2 aromatic heterocycles. The summed E-state index contributed by atoms with van der Waals surface area (Å²) in [6.07, 6.45) is 8.04. The van der Waals surface area contributed by atoms with Gasteiger partial charge in [0.05, 0.1) is 24.5 Å². The number of hydrogen-bond donors (Lipinski definition) is 1. The summed E-state index contributed by atoms with van der Waals surface area (Å²) in [5.74, 6) is 0.436. The van der Waals surface area contributed by atoms with Crippen LogP contribution in [-0.4, -0.2) is 55.0 Å². The van der Waals surface area contributed by atoms with Crippen LogP contribution in [0.2, 0.25) is 10.0 Å². The number of allylic oxidation sites excluding steroid dienone is 1. The molecule has 3 heterocycles. The van der Waals surface area contributed by atoms with Crippen LogP contribution in [0, 0.1) is 17.2 Å². The van der Waals surface area contributed by atoms with Crippen LogP contribution >= 0.6 is 23.2 Å². The summed E-state index contributed by atoms with van der Waals surface area (Å²) in [5, 5.41) is 25.0. The van der Waals surface area contributed by atoms with E-state index >= 15 is 0 Å². The highest BCUT2D eigenvalue weighted by molar-refractivity contribution is 6.35. The molecule has 4 atom stereocenters. The van der Waals surface area contributed by atoms with E-state index in [0.717, 1.165) is 49.1 Å². The van der Waals surface area contributed by atoms with E-state index in [1.165, 1.54) is 0 Å². The maximum atomic E-state index is 9.77. The fourth-order valence-corrected chi connectivity index (χ4v) is 6.17. The maximum absolute atomic E-state index is 9.77. The van der Waals surface area contributed by atoms with Crippen LogP contribution in [0.1, 0.15) is 62.5 Å². The van der Waals surface area contributed by atoms with Gasteiger partial charge in [0.25, 0.3) is 0 Å². The molecule has 0 bridgehead atoms. The monoisotopic (exact) mass is 510 g/mol. The minimum absolute atomic E-state index is 0.225. The lowest BCUT2D eigenvalue weighted by molar-refractivity contribution is 0.0910. The molecule has 1 aliphatic carbocycles. The second kappa shape index (κ2) is 9.87. The highest BCUT2D eigenvalue weighted by Gasteiger charge is 2.35. The first-order valence-corrected chi connectivity index (χ1v) is 12.8. The third-order valence-corrected chi connectivity index (χ3v) is 8.04. The number of fused-ring (bicyclic) bond motifs is 1. The minimum atomic E-state index is -0.261. The Bertz CT molecular complexity index is 1330. The van der Waals surface area contributed by atoms with Crippen molar-refractivity contribution in [1.29, 1.82) is 5.26 Å². The van der Waals surface area contributed by atoms with E-state index in [9.17, 15) is 10.4 Å². The average molecular weight is 511 g/mol. The fraction of sp³-hybridized carbons (Fsp3) is 0.462. The van der Waals surface area contributed by atoms with Crippen LogP contribution in [0.25, 0.3) is 16.7 Å². The standard InChI is InChI=1S/C26H28Cl2N6O/c1-15-10-17(5-8-24(15)33-9-3-4-19(33)14-35)23-13-30-25-22(12-29)32-34(26(25)31-23)16(2)20-7-6-18(27)11-21(20)28/h5-7,11,13,15-16,19,24,35H,3-4,8-10,14H2,1-2H3/t15?,16-,19+,24+/m1/s1. The Morgan fingerprint density at radius 3 is 2.86 bits per heavy atom. The highest BCUT2D eigenvalue weighted by Crippen LogP contribution is 2.36. The van der Waals surface area contributed by atoms with Crippen LogP contribution in [0.5, 0.6) is 0 Å². The fourth-order valence-electron chi connectivity index (χ4n) is 5.60. The van der Waals surface area contributed by atoms with E-state index < -0.39 is 0 Å². The van der Waals surface area contributed by atoms with Crippen LogP contribution in [0.15, 0.2) is 30.5 Å². The van der Waals surface area contributed by atoms with Gasteiger partial charge in [-0.1, -0.05) is 42.3 Å². The van der Waals surface area contributed by atoms with E-state index in [2.05, 4.69) is 34.1 Å². The lowest BCUT2D eigenvalue weighted by Gasteiger charge is -2.38. The SMILES string of the molecule is CC1CC(c2cnc3c(C#N)nn([C@H](C)c4ccc(Cl)cc4Cl)c3n2)=CC[C@@H]1N1CCC[C@H]1CO. The number of aliphatic hydroxyl groups excluding tert-OH is 1. The first kappa shape index (κ1) is 24.2. The quantitative estimate of drug-likeness (QED) is 0.503. The van der Waals surface area contributed by atoms with Crippen molar-refractivity contribution in [2.24, 2.45) is 5.92 Å². The van der Waals surface area contributed by atoms with Crippen LogP contribution in [-0.2, 0) is 0 Å². The maximum Gasteiger partial charge on any atom is 0.190 e. The Balaban J connectivity index is 1.49. The van der Waals surface area contributed by atoms with Gasteiger partial charge in [0, 0.05) is 22.1 Å². The van der Waals surface area contributed by atoms with Gasteiger partial charge in [-0.15, -0.1) is 0 Å². The molecule has 0 radical (unpaired) electrons. The lowest BCUT2D eigenvalue weighted by Crippen LogP contribution is -2.45. The van der Waals surface area contributed by atoms with Gasteiger partial charge in [-0.05, 0) is 68.3 Å². The van der Waals surface area contributed by atoms with E-state index in [1.807, 2.05) is 13.0 Å². The van der Waals surface area contributed by atoms with Gasteiger partial charge in [0.2, 0.25) is 0 Å². The molecule has 5 rings (SSSR count). The van der Waals surface area contributed by atoms with Crippen molar-refractivity contribution in [3.05, 3.63) is 57.5 Å². The zero-order valence-corrected chi connectivity index (χ0v) is 21.3. The van der Waals surface area contributed by atoms with Gasteiger partial charge in [0.15, 0.2) is 11.3 Å². The summed E-state index contributed by atoms with van der Waals surface area (Å²) < 4.78 is 1.73. The van der Waals surface area contributed by atoms with Gasteiger partial charge in [0.1, 0.15) is 11.6 Å². The number of halogens is 2. The molecule has 1 N–H and O–H groups in total. The van der Waals surface area contributed by atoms with E-state index in [-0.39, 0.29) is 24.4 Å². The number of nitrogens with zero attached hydrogens (tertiary/aromatic N) is 6. The molecule has 3 aromatic rings. The van der Waals surface area contributed by atoms with Gasteiger partial charge < -0.3 is 5.11 Å².